The van der Waals surface area contributed by atoms with Crippen molar-refractivity contribution in [3.63, 3.8) is 0 Å². The number of rotatable bonds is 14. The van der Waals surface area contributed by atoms with Crippen LogP contribution in [0.4, 0.5) is 0 Å². The molecule has 0 heterocycles. The third-order valence-electron chi connectivity index (χ3n) is 4.17. The molecule has 0 fully saturated rings. The number of nitrogens with one attached hydrogen (secondary N) is 3. The fourth-order valence-electron chi connectivity index (χ4n) is 2.33. The van der Waals surface area contributed by atoms with E-state index >= 15 is 0 Å². The first-order valence-corrected chi connectivity index (χ1v) is 9.46. The maximum atomic E-state index is 12.5. The van der Waals surface area contributed by atoms with Gasteiger partial charge in [-0.05, 0) is 39.7 Å². The number of hydrogen-bond donors (Lipinski definition) is 8. The van der Waals surface area contributed by atoms with Crippen molar-refractivity contribution >= 4 is 29.6 Å². The van der Waals surface area contributed by atoms with E-state index < -0.39 is 66.3 Å². The predicted octanol–water partition coefficient (Wildman–Crippen LogP) is -3.74. The second kappa shape index (κ2) is 13.5. The van der Waals surface area contributed by atoms with Crippen LogP contribution in [0.25, 0.3) is 0 Å². The number of hydrogen-bond acceptors (Lipinski definition) is 8. The van der Waals surface area contributed by atoms with Crippen LogP contribution in [-0.2, 0) is 24.0 Å². The highest BCUT2D eigenvalue weighted by Gasteiger charge is 2.29. The predicted molar refractivity (Wildman–Crippen MR) is 105 cm³/mol. The summed E-state index contributed by atoms with van der Waals surface area (Å²) in [6.45, 7) is 3.02. The molecule has 30 heavy (non-hydrogen) atoms. The van der Waals surface area contributed by atoms with Gasteiger partial charge in [0.15, 0.2) is 0 Å². The minimum absolute atomic E-state index is 0.144. The minimum Gasteiger partial charge on any atom is -0.480 e. The molecule has 11 N–H and O–H groups in total. The lowest BCUT2D eigenvalue weighted by Crippen LogP contribution is -2.57. The molecule has 4 amide bonds. The number of unbranched alkanes of at least 4 members (excludes halogenated alkanes) is 1. The molecule has 5 unspecified atom stereocenters. The smallest absolute Gasteiger partial charge is 0.326 e. The third-order valence-corrected chi connectivity index (χ3v) is 4.17. The van der Waals surface area contributed by atoms with E-state index in [2.05, 4.69) is 16.0 Å². The Balaban J connectivity index is 5.15. The fraction of sp³-hybridized carbons (Fsp3) is 0.706. The Hall–Kier alpha value is -2.77. The zero-order valence-corrected chi connectivity index (χ0v) is 17.1. The highest BCUT2D eigenvalue weighted by molar-refractivity contribution is 5.94. The number of carbonyl (C=O) groups is 5. The molecule has 13 heteroatoms. The largest absolute Gasteiger partial charge is 0.480 e. The average molecular weight is 432 g/mol. The number of aliphatic hydroxyl groups excluding tert-OH is 1. The normalized spacial score (nSPS) is 15.8. The molecule has 0 aromatic carbocycles. The lowest BCUT2D eigenvalue weighted by atomic mass is 10.1. The zero-order chi connectivity index (χ0) is 23.4. The van der Waals surface area contributed by atoms with Gasteiger partial charge in [-0.1, -0.05) is 0 Å². The van der Waals surface area contributed by atoms with Gasteiger partial charge in [0, 0.05) is 0 Å². The van der Waals surface area contributed by atoms with Crippen molar-refractivity contribution < 1.29 is 34.2 Å². The molecule has 0 aliphatic heterocycles. The number of aliphatic hydroxyl groups is 1. The molecule has 5 atom stereocenters. The second-order valence-corrected chi connectivity index (χ2v) is 6.91. The van der Waals surface area contributed by atoms with Crippen LogP contribution < -0.4 is 33.2 Å². The first-order valence-electron chi connectivity index (χ1n) is 9.46. The van der Waals surface area contributed by atoms with Crippen molar-refractivity contribution in [2.24, 2.45) is 17.2 Å². The lowest BCUT2D eigenvalue weighted by molar-refractivity contribution is -0.143. The number of carbonyl (C=O) groups excluding carboxylic acids is 4. The van der Waals surface area contributed by atoms with Gasteiger partial charge in [0.1, 0.15) is 24.2 Å². The number of carboxylic acids is 1. The summed E-state index contributed by atoms with van der Waals surface area (Å²) in [4.78, 5) is 59.0. The van der Waals surface area contributed by atoms with E-state index in [-0.39, 0.29) is 6.42 Å². The van der Waals surface area contributed by atoms with Crippen LogP contribution in [0, 0.1) is 0 Å². The Kier molecular flexibility index (Phi) is 12.2. The summed E-state index contributed by atoms with van der Waals surface area (Å²) in [7, 11) is 0. The number of nitrogens with two attached hydrogens (primary N) is 3. The van der Waals surface area contributed by atoms with Crippen molar-refractivity contribution in [1.82, 2.24) is 16.0 Å². The SMILES string of the molecule is CC(NC(=O)C(N)C(C)O)C(=O)NC(CCCCN)C(=O)NC(CC(N)=O)C(=O)O. The van der Waals surface area contributed by atoms with Gasteiger partial charge in [0.2, 0.25) is 23.6 Å². The van der Waals surface area contributed by atoms with Gasteiger partial charge in [0.05, 0.1) is 12.5 Å². The molecule has 0 rings (SSSR count). The van der Waals surface area contributed by atoms with E-state index in [1.54, 1.807) is 0 Å². The molecule has 0 aromatic heterocycles. The van der Waals surface area contributed by atoms with Crippen molar-refractivity contribution in [3.05, 3.63) is 0 Å². The molecule has 0 saturated carbocycles. The molecule has 0 radical (unpaired) electrons. The monoisotopic (exact) mass is 432 g/mol. The van der Waals surface area contributed by atoms with Crippen LogP contribution >= 0.6 is 0 Å². The first kappa shape index (κ1) is 27.2. The maximum Gasteiger partial charge on any atom is 0.326 e. The summed E-state index contributed by atoms with van der Waals surface area (Å²) in [6, 6.07) is -5.02. The fourth-order valence-corrected chi connectivity index (χ4v) is 2.33. The zero-order valence-electron chi connectivity index (χ0n) is 17.1. The van der Waals surface area contributed by atoms with E-state index in [1.807, 2.05) is 0 Å². The molecule has 13 nitrogen and oxygen atoms in total. The molecule has 0 aliphatic rings. The van der Waals surface area contributed by atoms with Crippen LogP contribution in [0.5, 0.6) is 0 Å². The molecule has 0 aromatic rings. The number of aliphatic carboxylic acids is 1. The van der Waals surface area contributed by atoms with Crippen LogP contribution in [0.15, 0.2) is 0 Å². The standard InChI is InChI=1S/C17H32N6O7/c1-8(21-16(28)13(20)9(2)24)14(26)22-10(5-3-4-6-18)15(27)23-11(17(29)30)7-12(19)25/h8-11,13,24H,3-7,18,20H2,1-2H3,(H2,19,25)(H,21,28)(H,22,26)(H,23,27)(H,29,30). The second-order valence-electron chi connectivity index (χ2n) is 6.91. The van der Waals surface area contributed by atoms with E-state index in [4.69, 9.17) is 22.3 Å². The minimum atomic E-state index is -1.55. The van der Waals surface area contributed by atoms with E-state index in [0.717, 1.165) is 0 Å². The summed E-state index contributed by atoms with van der Waals surface area (Å²) >= 11 is 0. The lowest BCUT2D eigenvalue weighted by Gasteiger charge is -2.24. The van der Waals surface area contributed by atoms with E-state index in [1.165, 1.54) is 13.8 Å². The summed E-state index contributed by atoms with van der Waals surface area (Å²) < 4.78 is 0. The molecule has 0 saturated heterocycles. The van der Waals surface area contributed by atoms with Gasteiger partial charge in [-0.25, -0.2) is 4.79 Å². The van der Waals surface area contributed by atoms with Crippen molar-refractivity contribution in [1.29, 1.82) is 0 Å². The Morgan fingerprint density at radius 1 is 0.900 bits per heavy atom. The van der Waals surface area contributed by atoms with Crippen LogP contribution in [0.1, 0.15) is 39.5 Å². The molecule has 0 spiro atoms. The van der Waals surface area contributed by atoms with E-state index in [9.17, 15) is 29.1 Å². The van der Waals surface area contributed by atoms with Crippen molar-refractivity contribution in [2.75, 3.05) is 6.54 Å². The molecular weight excluding hydrogens is 400 g/mol. The van der Waals surface area contributed by atoms with Gasteiger partial charge >= 0.3 is 5.97 Å². The van der Waals surface area contributed by atoms with Crippen LogP contribution in [0.2, 0.25) is 0 Å². The number of carboxylic acid groups (broad SMARTS) is 1. The highest BCUT2D eigenvalue weighted by atomic mass is 16.4. The molecule has 0 bridgehead atoms. The van der Waals surface area contributed by atoms with Gasteiger partial charge in [-0.2, -0.15) is 0 Å². The van der Waals surface area contributed by atoms with Crippen molar-refractivity contribution in [3.8, 4) is 0 Å². The van der Waals surface area contributed by atoms with Gasteiger partial charge < -0.3 is 43.4 Å². The van der Waals surface area contributed by atoms with Crippen molar-refractivity contribution in [2.45, 2.75) is 69.8 Å². The number of primary amides is 1. The Morgan fingerprint density at radius 3 is 1.93 bits per heavy atom. The summed E-state index contributed by atoms with van der Waals surface area (Å²) in [5.41, 5.74) is 15.9. The summed E-state index contributed by atoms with van der Waals surface area (Å²) in [5.74, 6) is -4.69. The van der Waals surface area contributed by atoms with Gasteiger partial charge in [-0.3, -0.25) is 19.2 Å². The molecule has 0 aliphatic carbocycles. The average Bonchev–Trinajstić information content (AvgIpc) is 2.65. The third kappa shape index (κ3) is 10.1. The van der Waals surface area contributed by atoms with Gasteiger partial charge in [0.25, 0.3) is 0 Å². The topological polar surface area (TPSA) is 240 Å². The summed E-state index contributed by atoms with van der Waals surface area (Å²) in [5, 5.41) is 25.4. The first-order chi connectivity index (χ1) is 13.9. The highest BCUT2D eigenvalue weighted by Crippen LogP contribution is 2.04. The van der Waals surface area contributed by atoms with Gasteiger partial charge in [-0.15, -0.1) is 0 Å². The summed E-state index contributed by atoms with van der Waals surface area (Å²) in [6.07, 6.45) is -0.595. The van der Waals surface area contributed by atoms with Crippen LogP contribution in [-0.4, -0.2) is 76.6 Å². The molecular formula is C17H32N6O7. The Morgan fingerprint density at radius 2 is 1.47 bits per heavy atom. The van der Waals surface area contributed by atoms with Crippen LogP contribution in [0.3, 0.4) is 0 Å². The maximum absolute atomic E-state index is 12.5. The Bertz CT molecular complexity index is 628. The van der Waals surface area contributed by atoms with E-state index in [0.29, 0.717) is 19.4 Å². The number of amides is 4. The quantitative estimate of drug-likeness (QED) is 0.126. The Labute approximate surface area is 174 Å². The molecule has 172 valence electrons.